The summed E-state index contributed by atoms with van der Waals surface area (Å²) in [4.78, 5) is 39.1. The van der Waals surface area contributed by atoms with Crippen LogP contribution in [-0.2, 0) is 9.59 Å². The highest BCUT2D eigenvalue weighted by molar-refractivity contribution is 8.18. The van der Waals surface area contributed by atoms with E-state index in [-0.39, 0.29) is 30.9 Å². The van der Waals surface area contributed by atoms with Gasteiger partial charge in [-0.3, -0.25) is 19.3 Å². The molecule has 39 heavy (non-hydrogen) atoms. The number of nitrogens with one attached hydrogen (secondary N) is 1. The van der Waals surface area contributed by atoms with Gasteiger partial charge in [-0.05, 0) is 91.3 Å². The van der Waals surface area contributed by atoms with Crippen LogP contribution in [0.15, 0.2) is 71.6 Å². The van der Waals surface area contributed by atoms with Crippen molar-refractivity contribution in [2.75, 3.05) is 31.7 Å². The summed E-state index contributed by atoms with van der Waals surface area (Å²) in [5.74, 6) is 0.711. The van der Waals surface area contributed by atoms with Gasteiger partial charge >= 0.3 is 0 Å². The summed E-state index contributed by atoms with van der Waals surface area (Å²) in [6.07, 6.45) is 1.63. The molecule has 1 fully saturated rings. The third-order valence-electron chi connectivity index (χ3n) is 5.50. The van der Waals surface area contributed by atoms with Crippen molar-refractivity contribution in [3.05, 3.63) is 87.8 Å². The Morgan fingerprint density at radius 2 is 1.79 bits per heavy atom. The molecule has 0 aliphatic carbocycles. The quantitative estimate of drug-likeness (QED) is 0.277. The molecule has 0 spiro atoms. The van der Waals surface area contributed by atoms with Crippen LogP contribution in [-0.4, -0.2) is 48.3 Å². The minimum absolute atomic E-state index is 0.117. The summed E-state index contributed by atoms with van der Waals surface area (Å²) in [6.45, 7) is 4.22. The largest absolute Gasteiger partial charge is 0.492 e. The second-order valence-electron chi connectivity index (χ2n) is 8.48. The molecule has 0 radical (unpaired) electrons. The highest BCUT2D eigenvalue weighted by atomic mass is 35.5. The Balaban J connectivity index is 1.37. The molecule has 1 N–H and O–H groups in total. The molecule has 0 aromatic heterocycles. The highest BCUT2D eigenvalue weighted by Crippen LogP contribution is 2.34. The third-order valence-corrected chi connectivity index (χ3v) is 6.66. The number of ether oxygens (including phenoxy) is 3. The molecular formula is C29H27ClN2O6S. The standard InChI is InChI=1S/C29H27ClN2O6S/c1-3-36-25-16-20(7-12-24(25)38-18-27(33)31-22-6-4-5-19(2)15-22)17-26-28(34)32(29(35)39-26)13-14-37-23-10-8-21(30)9-11-23/h4-12,15-17H,3,13-14,18H2,1-2H3,(H,31,33)/b26-17-. The lowest BCUT2D eigenvalue weighted by Gasteiger charge is -2.13. The van der Waals surface area contributed by atoms with Crippen LogP contribution in [0.2, 0.25) is 5.02 Å². The van der Waals surface area contributed by atoms with E-state index in [1.54, 1.807) is 54.6 Å². The molecule has 3 aromatic rings. The van der Waals surface area contributed by atoms with E-state index in [0.29, 0.717) is 45.0 Å². The molecule has 1 saturated heterocycles. The monoisotopic (exact) mass is 566 g/mol. The predicted octanol–water partition coefficient (Wildman–Crippen LogP) is 6.18. The minimum Gasteiger partial charge on any atom is -0.492 e. The van der Waals surface area contributed by atoms with Gasteiger partial charge in [0.05, 0.1) is 18.1 Å². The van der Waals surface area contributed by atoms with Crippen LogP contribution in [0.4, 0.5) is 10.5 Å². The predicted molar refractivity (Wildman–Crippen MR) is 153 cm³/mol. The first kappa shape index (κ1) is 28.1. The number of benzene rings is 3. The summed E-state index contributed by atoms with van der Waals surface area (Å²) >= 11 is 6.74. The molecule has 1 heterocycles. The third kappa shape index (κ3) is 7.78. The van der Waals surface area contributed by atoms with Crippen LogP contribution in [0.5, 0.6) is 17.2 Å². The van der Waals surface area contributed by atoms with Crippen LogP contribution in [0.3, 0.4) is 0 Å². The first-order valence-electron chi connectivity index (χ1n) is 12.2. The van der Waals surface area contributed by atoms with Gasteiger partial charge in [0.25, 0.3) is 17.1 Å². The van der Waals surface area contributed by atoms with Crippen LogP contribution in [0.25, 0.3) is 6.08 Å². The number of halogens is 1. The molecule has 0 bridgehead atoms. The molecule has 1 aliphatic rings. The van der Waals surface area contributed by atoms with Gasteiger partial charge in [0, 0.05) is 10.7 Å². The maximum atomic E-state index is 12.9. The second-order valence-corrected chi connectivity index (χ2v) is 9.91. The number of thioether (sulfide) groups is 1. The smallest absolute Gasteiger partial charge is 0.293 e. The van der Waals surface area contributed by atoms with Crippen molar-refractivity contribution in [2.45, 2.75) is 13.8 Å². The molecule has 3 amide bonds. The molecule has 8 nitrogen and oxygen atoms in total. The average Bonchev–Trinajstić information content (AvgIpc) is 3.17. The fourth-order valence-electron chi connectivity index (χ4n) is 3.69. The lowest BCUT2D eigenvalue weighted by Crippen LogP contribution is -2.32. The Bertz CT molecular complexity index is 1390. The van der Waals surface area contributed by atoms with E-state index in [1.807, 2.05) is 32.0 Å². The van der Waals surface area contributed by atoms with E-state index >= 15 is 0 Å². The van der Waals surface area contributed by atoms with E-state index in [4.69, 9.17) is 25.8 Å². The van der Waals surface area contributed by atoms with Crippen LogP contribution in [0, 0.1) is 6.92 Å². The van der Waals surface area contributed by atoms with Crippen molar-refractivity contribution in [1.82, 2.24) is 4.90 Å². The van der Waals surface area contributed by atoms with Gasteiger partial charge in [0.1, 0.15) is 12.4 Å². The summed E-state index contributed by atoms with van der Waals surface area (Å²) in [5.41, 5.74) is 2.37. The number of rotatable bonds is 11. The van der Waals surface area contributed by atoms with E-state index in [2.05, 4.69) is 5.32 Å². The van der Waals surface area contributed by atoms with Gasteiger partial charge in [0.2, 0.25) is 0 Å². The zero-order chi connectivity index (χ0) is 27.8. The van der Waals surface area contributed by atoms with Gasteiger partial charge < -0.3 is 19.5 Å². The SMILES string of the molecule is CCOc1cc(/C=C2\SC(=O)N(CCOc3ccc(Cl)cc3)C2=O)ccc1OCC(=O)Nc1cccc(C)c1. The molecule has 0 saturated carbocycles. The molecule has 0 atom stereocenters. The van der Waals surface area contributed by atoms with Gasteiger partial charge in [-0.2, -0.15) is 0 Å². The molecule has 1 aliphatic heterocycles. The number of hydrogen-bond donors (Lipinski definition) is 1. The summed E-state index contributed by atoms with van der Waals surface area (Å²) in [7, 11) is 0. The number of carbonyl (C=O) groups excluding carboxylic acids is 3. The molecule has 10 heteroatoms. The Morgan fingerprint density at radius 1 is 1.00 bits per heavy atom. The van der Waals surface area contributed by atoms with Crippen molar-refractivity contribution in [1.29, 1.82) is 0 Å². The number of anilines is 1. The number of amides is 3. The summed E-state index contributed by atoms with van der Waals surface area (Å²) in [6, 6.07) is 19.4. The fraction of sp³-hybridized carbons (Fsp3) is 0.207. The number of aryl methyl sites for hydroxylation is 1. The number of hydrogen-bond acceptors (Lipinski definition) is 7. The zero-order valence-corrected chi connectivity index (χ0v) is 23.0. The normalized spacial score (nSPS) is 14.0. The van der Waals surface area contributed by atoms with Gasteiger partial charge in [-0.25, -0.2) is 0 Å². The van der Waals surface area contributed by atoms with Crippen molar-refractivity contribution < 1.29 is 28.6 Å². The number of nitrogens with zero attached hydrogens (tertiary/aromatic N) is 1. The van der Waals surface area contributed by atoms with E-state index < -0.39 is 5.91 Å². The van der Waals surface area contributed by atoms with Gasteiger partial charge in [-0.1, -0.05) is 29.8 Å². The van der Waals surface area contributed by atoms with Crippen LogP contribution < -0.4 is 19.5 Å². The number of imide groups is 1. The molecular weight excluding hydrogens is 540 g/mol. The summed E-state index contributed by atoms with van der Waals surface area (Å²) in [5, 5.41) is 3.02. The lowest BCUT2D eigenvalue weighted by molar-refractivity contribution is -0.123. The summed E-state index contributed by atoms with van der Waals surface area (Å²) < 4.78 is 17.0. The Labute approximate surface area is 235 Å². The van der Waals surface area contributed by atoms with Crippen molar-refractivity contribution >= 4 is 52.2 Å². The van der Waals surface area contributed by atoms with E-state index in [0.717, 1.165) is 22.2 Å². The molecule has 4 rings (SSSR count). The van der Waals surface area contributed by atoms with Gasteiger partial charge in [0.15, 0.2) is 18.1 Å². The van der Waals surface area contributed by atoms with Crippen LogP contribution in [0.1, 0.15) is 18.1 Å². The lowest BCUT2D eigenvalue weighted by atomic mass is 10.2. The van der Waals surface area contributed by atoms with Crippen molar-refractivity contribution in [3.63, 3.8) is 0 Å². The van der Waals surface area contributed by atoms with E-state index in [1.165, 1.54) is 0 Å². The molecule has 3 aromatic carbocycles. The van der Waals surface area contributed by atoms with Crippen molar-refractivity contribution in [3.8, 4) is 17.2 Å². The zero-order valence-electron chi connectivity index (χ0n) is 21.4. The maximum absolute atomic E-state index is 12.9. The van der Waals surface area contributed by atoms with Crippen molar-refractivity contribution in [2.24, 2.45) is 0 Å². The Morgan fingerprint density at radius 3 is 2.54 bits per heavy atom. The Kier molecular flexibility index (Phi) is 9.51. The minimum atomic E-state index is -0.393. The van der Waals surface area contributed by atoms with Gasteiger partial charge in [-0.15, -0.1) is 0 Å². The fourth-order valence-corrected chi connectivity index (χ4v) is 4.69. The Hall–Kier alpha value is -3.95. The maximum Gasteiger partial charge on any atom is 0.293 e. The van der Waals surface area contributed by atoms with E-state index in [9.17, 15) is 14.4 Å². The first-order chi connectivity index (χ1) is 18.8. The molecule has 202 valence electrons. The first-order valence-corrected chi connectivity index (χ1v) is 13.4. The topological polar surface area (TPSA) is 94.2 Å². The second kappa shape index (κ2) is 13.2. The highest BCUT2D eigenvalue weighted by Gasteiger charge is 2.34. The number of carbonyl (C=O) groups is 3. The average molecular weight is 567 g/mol. The molecule has 0 unspecified atom stereocenters. The van der Waals surface area contributed by atoms with Crippen LogP contribution >= 0.6 is 23.4 Å².